The zero-order valence-corrected chi connectivity index (χ0v) is 17.2. The summed E-state index contributed by atoms with van der Waals surface area (Å²) in [5.74, 6) is 1.62. The summed E-state index contributed by atoms with van der Waals surface area (Å²) in [5.41, 5.74) is 3.53. The summed E-state index contributed by atoms with van der Waals surface area (Å²) in [6.45, 7) is 0. The highest BCUT2D eigenvalue weighted by Crippen LogP contribution is 2.42. The largest absolute Gasteiger partial charge is 0.273 e. The molecule has 1 saturated heterocycles. The molecule has 31 heavy (non-hydrogen) atoms. The maximum Gasteiger partial charge on any atom is 0.241 e. The van der Waals surface area contributed by atoms with Crippen LogP contribution in [0.4, 0.5) is 5.95 Å². The molecule has 5 aromatic rings. The van der Waals surface area contributed by atoms with Crippen molar-refractivity contribution in [2.45, 2.75) is 5.37 Å². The zero-order valence-electron chi connectivity index (χ0n) is 16.4. The van der Waals surface area contributed by atoms with E-state index < -0.39 is 0 Å². The van der Waals surface area contributed by atoms with Gasteiger partial charge in [-0.1, -0.05) is 72.8 Å². The van der Waals surface area contributed by atoms with Crippen molar-refractivity contribution in [2.75, 3.05) is 10.7 Å². The van der Waals surface area contributed by atoms with E-state index in [1.165, 1.54) is 0 Å². The van der Waals surface area contributed by atoms with Gasteiger partial charge in [-0.2, -0.15) is 0 Å². The SMILES string of the molecule is O=C1CSC(c2ccccc2)N1c1nnc2c3ccccc3nc(-c3ccccc3)n12. The van der Waals surface area contributed by atoms with Crippen LogP contribution in [0.15, 0.2) is 84.9 Å². The van der Waals surface area contributed by atoms with Gasteiger partial charge in [0.05, 0.1) is 11.3 Å². The van der Waals surface area contributed by atoms with Crippen LogP contribution in [0, 0.1) is 0 Å². The first kappa shape index (κ1) is 18.1. The Morgan fingerprint density at radius 2 is 1.55 bits per heavy atom. The minimum Gasteiger partial charge on any atom is -0.273 e. The van der Waals surface area contributed by atoms with Gasteiger partial charge < -0.3 is 0 Å². The summed E-state index contributed by atoms with van der Waals surface area (Å²) in [6, 6.07) is 27.9. The van der Waals surface area contributed by atoms with E-state index in [1.54, 1.807) is 16.7 Å². The van der Waals surface area contributed by atoms with Crippen LogP contribution in [0.2, 0.25) is 0 Å². The molecule has 7 heteroatoms. The Balaban J connectivity index is 1.64. The minimum atomic E-state index is -0.156. The molecule has 2 aromatic heterocycles. The molecule has 0 spiro atoms. The fourth-order valence-corrected chi connectivity index (χ4v) is 5.16. The van der Waals surface area contributed by atoms with Crippen molar-refractivity contribution in [2.24, 2.45) is 0 Å². The molecule has 3 heterocycles. The fraction of sp³-hybridized carbons (Fsp3) is 0.0833. The lowest BCUT2D eigenvalue weighted by molar-refractivity contribution is -0.115. The predicted molar refractivity (Wildman–Crippen MR) is 123 cm³/mol. The highest BCUT2D eigenvalue weighted by molar-refractivity contribution is 8.00. The van der Waals surface area contributed by atoms with Crippen LogP contribution in [0.25, 0.3) is 27.9 Å². The number of hydrogen-bond acceptors (Lipinski definition) is 5. The molecule has 1 aliphatic heterocycles. The number of amides is 1. The van der Waals surface area contributed by atoms with Crippen LogP contribution in [0.3, 0.4) is 0 Å². The Labute approximate surface area is 182 Å². The van der Waals surface area contributed by atoms with Crippen LogP contribution in [-0.2, 0) is 4.79 Å². The summed E-state index contributed by atoms with van der Waals surface area (Å²) < 4.78 is 1.91. The van der Waals surface area contributed by atoms with Gasteiger partial charge in [0.15, 0.2) is 5.65 Å². The van der Waals surface area contributed by atoms with Crippen molar-refractivity contribution in [3.8, 4) is 11.4 Å². The molecule has 3 aromatic carbocycles. The van der Waals surface area contributed by atoms with Gasteiger partial charge in [0.2, 0.25) is 11.9 Å². The molecule has 0 saturated carbocycles. The monoisotopic (exact) mass is 423 g/mol. The van der Waals surface area contributed by atoms with E-state index in [0.29, 0.717) is 23.2 Å². The molecular weight excluding hydrogens is 406 g/mol. The molecule has 1 fully saturated rings. The highest BCUT2D eigenvalue weighted by atomic mass is 32.2. The number of anilines is 1. The first-order valence-electron chi connectivity index (χ1n) is 9.99. The molecule has 0 radical (unpaired) electrons. The second-order valence-corrected chi connectivity index (χ2v) is 8.38. The molecule has 1 aliphatic rings. The standard InChI is InChI=1S/C24H17N5OS/c30-20-15-31-23(17-11-5-2-6-12-17)28(20)24-27-26-22-18-13-7-8-14-19(18)25-21(29(22)24)16-9-3-1-4-10-16/h1-14,23H,15H2. The number of fused-ring (bicyclic) bond motifs is 3. The number of aromatic nitrogens is 4. The predicted octanol–water partition coefficient (Wildman–Crippen LogP) is 4.72. The van der Waals surface area contributed by atoms with Gasteiger partial charge in [-0.05, 0) is 17.7 Å². The molecule has 6 rings (SSSR count). The first-order valence-corrected chi connectivity index (χ1v) is 11.0. The zero-order chi connectivity index (χ0) is 20.8. The molecule has 150 valence electrons. The maximum atomic E-state index is 13.0. The van der Waals surface area contributed by atoms with E-state index >= 15 is 0 Å². The summed E-state index contributed by atoms with van der Waals surface area (Å²) in [7, 11) is 0. The normalized spacial score (nSPS) is 16.5. The van der Waals surface area contributed by atoms with E-state index in [2.05, 4.69) is 10.2 Å². The van der Waals surface area contributed by atoms with Crippen molar-refractivity contribution >= 4 is 40.2 Å². The topological polar surface area (TPSA) is 63.4 Å². The number of hydrogen-bond donors (Lipinski definition) is 0. The lowest BCUT2D eigenvalue weighted by atomic mass is 10.2. The highest BCUT2D eigenvalue weighted by Gasteiger charge is 2.37. The molecule has 1 amide bonds. The van der Waals surface area contributed by atoms with Crippen molar-refractivity contribution in [3.63, 3.8) is 0 Å². The van der Waals surface area contributed by atoms with Crippen molar-refractivity contribution in [3.05, 3.63) is 90.5 Å². The van der Waals surface area contributed by atoms with Gasteiger partial charge in [0, 0.05) is 10.9 Å². The maximum absolute atomic E-state index is 13.0. The van der Waals surface area contributed by atoms with E-state index in [-0.39, 0.29) is 11.3 Å². The number of para-hydroxylation sites is 1. The quantitative estimate of drug-likeness (QED) is 0.420. The summed E-state index contributed by atoms with van der Waals surface area (Å²) in [6.07, 6.45) is 0. The lowest BCUT2D eigenvalue weighted by Crippen LogP contribution is -2.30. The van der Waals surface area contributed by atoms with Crippen LogP contribution < -0.4 is 4.90 Å². The Kier molecular flexibility index (Phi) is 4.21. The Morgan fingerprint density at radius 3 is 2.35 bits per heavy atom. The van der Waals surface area contributed by atoms with E-state index in [1.807, 2.05) is 89.3 Å². The van der Waals surface area contributed by atoms with Crippen LogP contribution in [0.5, 0.6) is 0 Å². The summed E-state index contributed by atoms with van der Waals surface area (Å²) in [5, 5.41) is 9.76. The molecule has 6 nitrogen and oxygen atoms in total. The van der Waals surface area contributed by atoms with Gasteiger partial charge in [-0.3, -0.25) is 9.69 Å². The average Bonchev–Trinajstić information content (AvgIpc) is 3.43. The van der Waals surface area contributed by atoms with Crippen molar-refractivity contribution in [1.82, 2.24) is 19.6 Å². The lowest BCUT2D eigenvalue weighted by Gasteiger charge is -2.23. The van der Waals surface area contributed by atoms with Gasteiger partial charge in [0.1, 0.15) is 11.2 Å². The molecule has 1 atom stereocenters. The molecule has 0 bridgehead atoms. The first-order chi connectivity index (χ1) is 15.3. The number of nitrogens with zero attached hydrogens (tertiary/aromatic N) is 5. The number of rotatable bonds is 3. The second kappa shape index (κ2) is 7.21. The second-order valence-electron chi connectivity index (χ2n) is 7.32. The average molecular weight is 424 g/mol. The third kappa shape index (κ3) is 2.89. The fourth-order valence-electron chi connectivity index (χ4n) is 4.01. The van der Waals surface area contributed by atoms with E-state index in [0.717, 1.165) is 22.0 Å². The third-order valence-electron chi connectivity index (χ3n) is 5.43. The van der Waals surface area contributed by atoms with Gasteiger partial charge >= 0.3 is 0 Å². The Bertz CT molecular complexity index is 1420. The molecular formula is C24H17N5OS. The van der Waals surface area contributed by atoms with Crippen molar-refractivity contribution in [1.29, 1.82) is 0 Å². The number of thioether (sulfide) groups is 1. The van der Waals surface area contributed by atoms with E-state index in [9.17, 15) is 4.79 Å². The van der Waals surface area contributed by atoms with Gasteiger partial charge in [-0.25, -0.2) is 9.38 Å². The van der Waals surface area contributed by atoms with Crippen LogP contribution in [0.1, 0.15) is 10.9 Å². The smallest absolute Gasteiger partial charge is 0.241 e. The molecule has 1 unspecified atom stereocenters. The van der Waals surface area contributed by atoms with Crippen LogP contribution in [-0.4, -0.2) is 31.2 Å². The van der Waals surface area contributed by atoms with Crippen molar-refractivity contribution < 1.29 is 4.79 Å². The molecule has 0 aliphatic carbocycles. The number of carbonyl (C=O) groups excluding carboxylic acids is 1. The van der Waals surface area contributed by atoms with E-state index in [4.69, 9.17) is 4.98 Å². The summed E-state index contributed by atoms with van der Waals surface area (Å²) in [4.78, 5) is 19.7. The Hall–Kier alpha value is -3.71. The summed E-state index contributed by atoms with van der Waals surface area (Å²) >= 11 is 1.60. The van der Waals surface area contributed by atoms with Gasteiger partial charge in [0.25, 0.3) is 0 Å². The number of carbonyl (C=O) groups is 1. The van der Waals surface area contributed by atoms with Crippen LogP contribution >= 0.6 is 11.8 Å². The number of benzene rings is 3. The van der Waals surface area contributed by atoms with Gasteiger partial charge in [-0.15, -0.1) is 22.0 Å². The molecule has 0 N–H and O–H groups in total. The Morgan fingerprint density at radius 1 is 0.839 bits per heavy atom. The third-order valence-corrected chi connectivity index (χ3v) is 6.64. The minimum absolute atomic E-state index is 0.0142.